The van der Waals surface area contributed by atoms with E-state index in [1.54, 1.807) is 0 Å². The Balaban J connectivity index is 1.81. The lowest BCUT2D eigenvalue weighted by atomic mass is 9.96. The van der Waals surface area contributed by atoms with E-state index in [-0.39, 0.29) is 0 Å². The van der Waals surface area contributed by atoms with Crippen molar-refractivity contribution in [2.75, 3.05) is 19.8 Å². The monoisotopic (exact) mass is 584 g/mol. The van der Waals surface area contributed by atoms with Gasteiger partial charge in [-0.05, 0) is 0 Å². The quantitative estimate of drug-likeness (QED) is 0.118. The normalized spacial score (nSPS) is 50.6. The Morgan fingerprint density at radius 3 is 1.58 bits per heavy atom. The van der Waals surface area contributed by atoms with E-state index in [2.05, 4.69) is 0 Å². The Hall–Kier alpha value is -0.730. The fraction of sp³-hybridized carbons (Fsp3) is 1.00. The van der Waals surface area contributed by atoms with Crippen LogP contribution in [0, 0.1) is 0 Å². The number of hydrogen-bond acceptors (Lipinski definition) is 18. The molecule has 2 unspecified atom stereocenters. The van der Waals surface area contributed by atoms with Crippen LogP contribution in [-0.4, -0.2) is 180 Å². The summed E-state index contributed by atoms with van der Waals surface area (Å²) in [4.78, 5) is -3.73. The molecule has 19 nitrogen and oxygen atoms in total. The van der Waals surface area contributed by atoms with Crippen molar-refractivity contribution in [2.24, 2.45) is 0 Å². The van der Waals surface area contributed by atoms with Gasteiger partial charge in [0.05, 0.1) is 19.8 Å². The molecule has 0 spiro atoms. The number of hydrogen-bond donors (Lipinski definition) is 12. The molecule has 0 aromatic heterocycles. The molecule has 20 heteroatoms. The molecule has 3 aliphatic heterocycles. The van der Waals surface area contributed by atoms with Crippen LogP contribution in [0.3, 0.4) is 0 Å². The van der Waals surface area contributed by atoms with E-state index in [4.69, 9.17) is 23.7 Å². The first-order chi connectivity index (χ1) is 17.6. The molecule has 38 heavy (non-hydrogen) atoms. The smallest absolute Gasteiger partial charge is 0.300 e. The molecule has 3 saturated heterocycles. The van der Waals surface area contributed by atoms with Crippen LogP contribution in [0.5, 0.6) is 0 Å². The van der Waals surface area contributed by atoms with Crippen LogP contribution in [0.1, 0.15) is 0 Å². The maximum atomic E-state index is 11.8. The SMILES string of the molecule is O=S(=O)(O)[C@]1(O)[C@H](O)C(O[C@H]2[C@H](O)[C@@H](O)C(O[C@H]3[C@H](O)[C@@H](O)[C@@H](O)O[C@@H]3CO)O[C@@H]2CO)O[C@H](CO)[C@@H]1O. The molecule has 3 fully saturated rings. The third-order valence-electron chi connectivity index (χ3n) is 6.60. The maximum absolute atomic E-state index is 11.8. The topological polar surface area (TPSA) is 323 Å². The third kappa shape index (κ3) is 5.57. The van der Waals surface area contributed by atoms with Crippen molar-refractivity contribution in [1.29, 1.82) is 0 Å². The molecule has 0 aliphatic carbocycles. The lowest BCUT2D eigenvalue weighted by Crippen LogP contribution is -2.72. The first-order valence-electron chi connectivity index (χ1n) is 11.2. The van der Waals surface area contributed by atoms with Crippen LogP contribution in [-0.2, 0) is 33.8 Å². The first kappa shape index (κ1) is 31.8. The summed E-state index contributed by atoms with van der Waals surface area (Å²) in [6.45, 7) is -2.98. The van der Waals surface area contributed by atoms with Crippen molar-refractivity contribution in [2.45, 2.75) is 90.9 Å². The van der Waals surface area contributed by atoms with Crippen molar-refractivity contribution in [1.82, 2.24) is 0 Å². The van der Waals surface area contributed by atoms with Gasteiger partial charge in [-0.1, -0.05) is 0 Å². The first-order valence-corrected chi connectivity index (χ1v) is 12.6. The second-order valence-electron chi connectivity index (χ2n) is 8.98. The molecule has 0 aromatic rings. The van der Waals surface area contributed by atoms with Gasteiger partial charge in [-0.3, -0.25) is 4.55 Å². The summed E-state index contributed by atoms with van der Waals surface area (Å²) in [5, 5.41) is 110. The zero-order valence-electron chi connectivity index (χ0n) is 19.3. The van der Waals surface area contributed by atoms with Gasteiger partial charge >= 0.3 is 10.1 Å². The molecule has 0 bridgehead atoms. The van der Waals surface area contributed by atoms with Crippen molar-refractivity contribution >= 4 is 10.1 Å². The van der Waals surface area contributed by atoms with E-state index < -0.39 is 121 Å². The Kier molecular flexibility index (Phi) is 10.1. The van der Waals surface area contributed by atoms with Gasteiger partial charge in [-0.15, -0.1) is 0 Å². The van der Waals surface area contributed by atoms with Crippen LogP contribution in [0.15, 0.2) is 0 Å². The third-order valence-corrected chi connectivity index (χ3v) is 7.91. The van der Waals surface area contributed by atoms with E-state index in [0.29, 0.717) is 0 Å². The molecular formula is C18H32O19S. The number of aliphatic hydroxyl groups excluding tert-OH is 10. The second-order valence-corrected chi connectivity index (χ2v) is 10.6. The van der Waals surface area contributed by atoms with E-state index in [0.717, 1.165) is 0 Å². The molecule has 3 aliphatic rings. The number of ether oxygens (including phenoxy) is 5. The standard InChI is InChI=1S/C18H32O19S/c19-1-4-11(7(22)9(24)15(28)33-4)36-16-10(25)8(23)12(5(2-20)34-16)37-17-14(27)18(29,38(30,31)32)13(26)6(3-21)35-17/h4-17,19-29H,1-3H2,(H,30,31,32)/t4-,5-,6-,7-,8-,9-,10-,11-,12-,13+,14-,15+,16?,17?,18+/m1/s1. The minimum atomic E-state index is -5.65. The van der Waals surface area contributed by atoms with Gasteiger partial charge in [-0.2, -0.15) is 8.42 Å². The Morgan fingerprint density at radius 2 is 1.08 bits per heavy atom. The van der Waals surface area contributed by atoms with Crippen LogP contribution < -0.4 is 0 Å². The van der Waals surface area contributed by atoms with E-state index in [9.17, 15) is 69.1 Å². The lowest BCUT2D eigenvalue weighted by molar-refractivity contribution is -0.380. The fourth-order valence-electron chi connectivity index (χ4n) is 4.39. The highest BCUT2D eigenvalue weighted by Crippen LogP contribution is 2.37. The molecule has 0 aromatic carbocycles. The molecule has 224 valence electrons. The van der Waals surface area contributed by atoms with Crippen molar-refractivity contribution in [3.05, 3.63) is 0 Å². The van der Waals surface area contributed by atoms with Crippen LogP contribution >= 0.6 is 0 Å². The molecule has 3 heterocycles. The van der Waals surface area contributed by atoms with E-state index in [1.165, 1.54) is 0 Å². The van der Waals surface area contributed by atoms with Crippen LogP contribution in [0.2, 0.25) is 0 Å². The maximum Gasteiger partial charge on any atom is 0.300 e. The Labute approximate surface area is 214 Å². The predicted molar refractivity (Wildman–Crippen MR) is 112 cm³/mol. The molecule has 0 radical (unpaired) electrons. The van der Waals surface area contributed by atoms with Gasteiger partial charge in [-0.25, -0.2) is 0 Å². The lowest BCUT2D eigenvalue weighted by Gasteiger charge is -2.49. The summed E-state index contributed by atoms with van der Waals surface area (Å²) in [5.41, 5.74) is 0. The second kappa shape index (κ2) is 12.0. The Bertz CT molecular complexity index is 887. The average Bonchev–Trinajstić information content (AvgIpc) is 2.87. The Morgan fingerprint density at radius 1 is 0.632 bits per heavy atom. The highest BCUT2D eigenvalue weighted by atomic mass is 32.2. The van der Waals surface area contributed by atoms with Gasteiger partial charge in [0.1, 0.15) is 61.0 Å². The molecular weight excluding hydrogens is 552 g/mol. The summed E-state index contributed by atoms with van der Waals surface area (Å²) in [5.74, 6) is 0. The molecule has 3 rings (SSSR count). The van der Waals surface area contributed by atoms with E-state index in [1.807, 2.05) is 0 Å². The minimum absolute atomic E-state index is 0.836. The van der Waals surface area contributed by atoms with Crippen molar-refractivity contribution < 1.29 is 92.8 Å². The molecule has 15 atom stereocenters. The van der Waals surface area contributed by atoms with Gasteiger partial charge in [0.2, 0.25) is 0 Å². The number of rotatable bonds is 8. The predicted octanol–water partition coefficient (Wildman–Crippen LogP) is -8.36. The van der Waals surface area contributed by atoms with Crippen molar-refractivity contribution in [3.63, 3.8) is 0 Å². The summed E-state index contributed by atoms with van der Waals surface area (Å²) in [6.07, 6.45) is -28.0. The minimum Gasteiger partial charge on any atom is -0.394 e. The summed E-state index contributed by atoms with van der Waals surface area (Å²) in [6, 6.07) is 0. The van der Waals surface area contributed by atoms with Crippen LogP contribution in [0.25, 0.3) is 0 Å². The van der Waals surface area contributed by atoms with Gasteiger partial charge in [0.25, 0.3) is 4.93 Å². The summed E-state index contributed by atoms with van der Waals surface area (Å²) < 4.78 is 58.9. The zero-order valence-corrected chi connectivity index (χ0v) is 20.2. The van der Waals surface area contributed by atoms with Gasteiger partial charge < -0.3 is 79.9 Å². The van der Waals surface area contributed by atoms with Crippen LogP contribution in [0.4, 0.5) is 0 Å². The fourth-order valence-corrected chi connectivity index (χ4v) is 5.26. The van der Waals surface area contributed by atoms with Gasteiger partial charge in [0.15, 0.2) is 25.0 Å². The largest absolute Gasteiger partial charge is 0.394 e. The van der Waals surface area contributed by atoms with Gasteiger partial charge in [0, 0.05) is 0 Å². The van der Waals surface area contributed by atoms with Crippen molar-refractivity contribution in [3.8, 4) is 0 Å². The zero-order chi connectivity index (χ0) is 28.7. The van der Waals surface area contributed by atoms with E-state index >= 15 is 0 Å². The average molecular weight is 585 g/mol. The highest BCUT2D eigenvalue weighted by Gasteiger charge is 2.64. The summed E-state index contributed by atoms with van der Waals surface area (Å²) in [7, 11) is -5.65. The molecule has 0 amide bonds. The molecule has 12 N–H and O–H groups in total. The highest BCUT2D eigenvalue weighted by molar-refractivity contribution is 7.87. The summed E-state index contributed by atoms with van der Waals surface area (Å²) >= 11 is 0. The number of aliphatic hydroxyl groups is 11. The molecule has 0 saturated carbocycles.